The van der Waals surface area contributed by atoms with Gasteiger partial charge in [-0.2, -0.15) is 0 Å². The molecule has 2 aromatic carbocycles. The van der Waals surface area contributed by atoms with E-state index in [9.17, 15) is 13.2 Å². The summed E-state index contributed by atoms with van der Waals surface area (Å²) in [6.07, 6.45) is 2.86. The standard InChI is InChI=1S/C22H28N2O3S/c1-16-11-12-20(14-17(16)2)23(28(4,26)27)13-7-10-22(25)24-18(3)15-19-8-5-6-9-21(19)24/h5-6,8-9,11-12,14,18H,7,10,13,15H2,1-4H3/t18-/m0/s1. The summed E-state index contributed by atoms with van der Waals surface area (Å²) in [5, 5.41) is 0. The van der Waals surface area contributed by atoms with Crippen LogP contribution in [0.5, 0.6) is 0 Å². The Kier molecular flexibility index (Phi) is 5.79. The van der Waals surface area contributed by atoms with Crippen LogP contribution in [0.25, 0.3) is 0 Å². The topological polar surface area (TPSA) is 57.7 Å². The lowest BCUT2D eigenvalue weighted by Crippen LogP contribution is -2.37. The molecule has 1 aliphatic heterocycles. The van der Waals surface area contributed by atoms with Crippen molar-refractivity contribution in [1.29, 1.82) is 0 Å². The Balaban J connectivity index is 1.69. The van der Waals surface area contributed by atoms with Crippen molar-refractivity contribution in [1.82, 2.24) is 0 Å². The van der Waals surface area contributed by atoms with Crippen molar-refractivity contribution < 1.29 is 13.2 Å². The number of para-hydroxylation sites is 1. The van der Waals surface area contributed by atoms with E-state index in [1.54, 1.807) is 0 Å². The van der Waals surface area contributed by atoms with Crippen LogP contribution in [0.1, 0.15) is 36.5 Å². The van der Waals surface area contributed by atoms with Crippen LogP contribution in [-0.2, 0) is 21.2 Å². The lowest BCUT2D eigenvalue weighted by molar-refractivity contribution is -0.118. The maximum atomic E-state index is 12.8. The van der Waals surface area contributed by atoms with Crippen molar-refractivity contribution in [2.45, 2.75) is 46.1 Å². The number of benzene rings is 2. The first-order valence-electron chi connectivity index (χ1n) is 9.63. The maximum absolute atomic E-state index is 12.8. The molecule has 0 radical (unpaired) electrons. The van der Waals surface area contributed by atoms with Crippen molar-refractivity contribution >= 4 is 27.3 Å². The second kappa shape index (κ2) is 7.95. The number of fused-ring (bicyclic) bond motifs is 1. The third-order valence-electron chi connectivity index (χ3n) is 5.41. The Morgan fingerprint density at radius 2 is 1.86 bits per heavy atom. The zero-order chi connectivity index (χ0) is 20.5. The fourth-order valence-electron chi connectivity index (χ4n) is 3.81. The highest BCUT2D eigenvalue weighted by Crippen LogP contribution is 2.32. The predicted molar refractivity (Wildman–Crippen MR) is 114 cm³/mol. The van der Waals surface area contributed by atoms with Gasteiger partial charge in [-0.05, 0) is 68.5 Å². The fourth-order valence-corrected chi connectivity index (χ4v) is 4.76. The molecule has 0 unspecified atom stereocenters. The molecule has 0 N–H and O–H groups in total. The van der Waals surface area contributed by atoms with Crippen LogP contribution in [0.15, 0.2) is 42.5 Å². The lowest BCUT2D eigenvalue weighted by atomic mass is 10.1. The fraction of sp³-hybridized carbons (Fsp3) is 0.409. The number of rotatable bonds is 6. The van der Waals surface area contributed by atoms with E-state index in [4.69, 9.17) is 0 Å². The Bertz CT molecular complexity index is 985. The minimum Gasteiger partial charge on any atom is -0.309 e. The smallest absolute Gasteiger partial charge is 0.232 e. The van der Waals surface area contributed by atoms with Gasteiger partial charge in [0.05, 0.1) is 11.9 Å². The SMILES string of the molecule is Cc1ccc(N(CCCC(=O)N2c3ccccc3C[C@@H]2C)S(C)(=O)=O)cc1C. The molecule has 6 heteroatoms. The first-order valence-corrected chi connectivity index (χ1v) is 11.5. The Morgan fingerprint density at radius 3 is 2.54 bits per heavy atom. The largest absolute Gasteiger partial charge is 0.309 e. The highest BCUT2D eigenvalue weighted by molar-refractivity contribution is 7.92. The van der Waals surface area contributed by atoms with Crippen LogP contribution in [0, 0.1) is 13.8 Å². The maximum Gasteiger partial charge on any atom is 0.232 e. The average Bonchev–Trinajstić information content (AvgIpc) is 2.96. The third kappa shape index (κ3) is 4.22. The third-order valence-corrected chi connectivity index (χ3v) is 6.60. The normalized spacial score (nSPS) is 16.1. The van der Waals surface area contributed by atoms with Gasteiger partial charge < -0.3 is 4.90 Å². The van der Waals surface area contributed by atoms with E-state index in [-0.39, 0.29) is 18.5 Å². The summed E-state index contributed by atoms with van der Waals surface area (Å²) in [4.78, 5) is 14.7. The number of sulfonamides is 1. The second-order valence-corrected chi connectivity index (χ2v) is 9.56. The molecule has 0 fully saturated rings. The van der Waals surface area contributed by atoms with Crippen LogP contribution in [0.4, 0.5) is 11.4 Å². The molecule has 1 aliphatic rings. The summed E-state index contributed by atoms with van der Waals surface area (Å²) in [6, 6.07) is 13.8. The molecule has 0 saturated carbocycles. The molecule has 0 aliphatic carbocycles. The van der Waals surface area contributed by atoms with Gasteiger partial charge in [-0.15, -0.1) is 0 Å². The van der Waals surface area contributed by atoms with E-state index in [0.717, 1.165) is 23.2 Å². The first kappa shape index (κ1) is 20.4. The van der Waals surface area contributed by atoms with Crippen LogP contribution in [0.3, 0.4) is 0 Å². The molecule has 2 aromatic rings. The molecular formula is C22H28N2O3S. The van der Waals surface area contributed by atoms with Gasteiger partial charge in [0.1, 0.15) is 0 Å². The lowest BCUT2D eigenvalue weighted by Gasteiger charge is -2.25. The van der Waals surface area contributed by atoms with Crippen LogP contribution in [-0.4, -0.2) is 33.2 Å². The molecule has 0 spiro atoms. The highest BCUT2D eigenvalue weighted by Gasteiger charge is 2.30. The van der Waals surface area contributed by atoms with Gasteiger partial charge in [0.15, 0.2) is 0 Å². The summed E-state index contributed by atoms with van der Waals surface area (Å²) in [7, 11) is -3.42. The van der Waals surface area contributed by atoms with Gasteiger partial charge in [-0.3, -0.25) is 9.10 Å². The van der Waals surface area contributed by atoms with E-state index in [1.807, 2.05) is 55.1 Å². The van der Waals surface area contributed by atoms with E-state index < -0.39 is 10.0 Å². The number of carbonyl (C=O) groups excluding carboxylic acids is 1. The van der Waals surface area contributed by atoms with Gasteiger partial charge in [0.25, 0.3) is 0 Å². The van der Waals surface area contributed by atoms with Crippen LogP contribution < -0.4 is 9.21 Å². The molecule has 0 aromatic heterocycles. The molecule has 0 bridgehead atoms. The van der Waals surface area contributed by atoms with E-state index in [1.165, 1.54) is 16.1 Å². The molecule has 1 heterocycles. The van der Waals surface area contributed by atoms with Crippen molar-refractivity contribution in [2.75, 3.05) is 22.0 Å². The summed E-state index contributed by atoms with van der Waals surface area (Å²) in [5.41, 5.74) is 4.99. The minimum atomic E-state index is -3.42. The van der Waals surface area contributed by atoms with Gasteiger partial charge in [-0.1, -0.05) is 24.3 Å². The quantitative estimate of drug-likeness (QED) is 0.740. The molecular weight excluding hydrogens is 372 g/mol. The van der Waals surface area contributed by atoms with E-state index in [0.29, 0.717) is 18.5 Å². The first-order chi connectivity index (χ1) is 13.2. The Hall–Kier alpha value is -2.34. The van der Waals surface area contributed by atoms with Crippen LogP contribution in [0.2, 0.25) is 0 Å². The van der Waals surface area contributed by atoms with Gasteiger partial charge in [0.2, 0.25) is 15.9 Å². The number of amides is 1. The number of hydrogen-bond donors (Lipinski definition) is 0. The van der Waals surface area contributed by atoms with Gasteiger partial charge in [0, 0.05) is 24.7 Å². The Morgan fingerprint density at radius 1 is 1.14 bits per heavy atom. The number of carbonyl (C=O) groups is 1. The zero-order valence-electron chi connectivity index (χ0n) is 17.0. The van der Waals surface area contributed by atoms with Crippen molar-refractivity contribution in [3.8, 4) is 0 Å². The molecule has 150 valence electrons. The van der Waals surface area contributed by atoms with Crippen molar-refractivity contribution in [3.63, 3.8) is 0 Å². The van der Waals surface area contributed by atoms with Gasteiger partial charge >= 0.3 is 0 Å². The second-order valence-electron chi connectivity index (χ2n) is 7.65. The Labute approximate surface area is 168 Å². The molecule has 1 atom stereocenters. The average molecular weight is 401 g/mol. The monoisotopic (exact) mass is 400 g/mol. The van der Waals surface area contributed by atoms with Crippen molar-refractivity contribution in [3.05, 3.63) is 59.2 Å². The summed E-state index contributed by atoms with van der Waals surface area (Å²) >= 11 is 0. The molecule has 0 saturated heterocycles. The minimum absolute atomic E-state index is 0.0472. The predicted octanol–water partition coefficient (Wildman–Crippen LogP) is 3.83. The summed E-state index contributed by atoms with van der Waals surface area (Å²) in [5.74, 6) is 0.0472. The summed E-state index contributed by atoms with van der Waals surface area (Å²) < 4.78 is 26.0. The zero-order valence-corrected chi connectivity index (χ0v) is 17.8. The number of nitrogens with zero attached hydrogens (tertiary/aromatic N) is 2. The van der Waals surface area contributed by atoms with Crippen molar-refractivity contribution in [2.24, 2.45) is 0 Å². The van der Waals surface area contributed by atoms with Gasteiger partial charge in [-0.25, -0.2) is 8.42 Å². The molecule has 28 heavy (non-hydrogen) atoms. The summed E-state index contributed by atoms with van der Waals surface area (Å²) in [6.45, 7) is 6.30. The van der Waals surface area contributed by atoms with E-state index in [2.05, 4.69) is 13.0 Å². The number of aryl methyl sites for hydroxylation is 2. The number of hydrogen-bond acceptors (Lipinski definition) is 3. The molecule has 5 nitrogen and oxygen atoms in total. The van der Waals surface area contributed by atoms with Crippen LogP contribution >= 0.6 is 0 Å². The molecule has 1 amide bonds. The van der Waals surface area contributed by atoms with E-state index >= 15 is 0 Å². The molecule has 3 rings (SSSR count). The highest BCUT2D eigenvalue weighted by atomic mass is 32.2. The number of anilines is 2.